The van der Waals surface area contributed by atoms with Gasteiger partial charge >= 0.3 is 6.03 Å². The second kappa shape index (κ2) is 7.18. The lowest BCUT2D eigenvalue weighted by atomic mass is 10.1. The van der Waals surface area contributed by atoms with Crippen LogP contribution >= 0.6 is 15.9 Å². The molecule has 5 nitrogen and oxygen atoms in total. The Hall–Kier alpha value is -1.44. The fourth-order valence-corrected chi connectivity index (χ4v) is 5.17. The lowest BCUT2D eigenvalue weighted by molar-refractivity contribution is -0.115. The molecule has 0 spiro atoms. The molecule has 0 saturated carbocycles. The number of nitrogens with zero attached hydrogens (tertiary/aromatic N) is 1. The van der Waals surface area contributed by atoms with E-state index in [1.165, 1.54) is 11.6 Å². The van der Waals surface area contributed by atoms with Crippen LogP contribution in [0.3, 0.4) is 0 Å². The molecule has 1 N–H and O–H groups in total. The molecule has 0 radical (unpaired) electrons. The van der Waals surface area contributed by atoms with Gasteiger partial charge in [0.1, 0.15) is 0 Å². The molecule has 1 aromatic carbocycles. The Morgan fingerprint density at radius 2 is 1.96 bits per heavy atom. The molecule has 2 unspecified atom stereocenters. The van der Waals surface area contributed by atoms with Crippen molar-refractivity contribution in [2.75, 3.05) is 6.54 Å². The van der Waals surface area contributed by atoms with Crippen LogP contribution in [0.1, 0.15) is 38.0 Å². The van der Waals surface area contributed by atoms with E-state index in [1.54, 1.807) is 11.0 Å². The fraction of sp³-hybridized carbons (Fsp3) is 0.500. The Morgan fingerprint density at radius 1 is 1.26 bits per heavy atom. The third kappa shape index (κ3) is 3.91. The normalized spacial score (nSPS) is 23.3. The lowest BCUT2D eigenvalue weighted by Gasteiger charge is -2.41. The SMILES string of the molecule is CC(C)(C)[Si](C)(C)OC1c2cccc(Br)c2CC1N1CC=CC(=O)NC1=O. The summed E-state index contributed by atoms with van der Waals surface area (Å²) in [7, 11) is -2.07. The van der Waals surface area contributed by atoms with Gasteiger partial charge in [0.25, 0.3) is 5.91 Å². The predicted octanol–water partition coefficient (Wildman–Crippen LogP) is 4.54. The molecule has 1 aliphatic carbocycles. The average molecular weight is 451 g/mol. The van der Waals surface area contributed by atoms with Gasteiger partial charge in [-0.3, -0.25) is 10.1 Å². The molecular formula is C20H27BrN2O3Si. The van der Waals surface area contributed by atoms with Gasteiger partial charge in [0, 0.05) is 17.1 Å². The van der Waals surface area contributed by atoms with Gasteiger partial charge in [-0.05, 0) is 41.7 Å². The van der Waals surface area contributed by atoms with Crippen LogP contribution in [0.15, 0.2) is 34.8 Å². The second-order valence-corrected chi connectivity index (χ2v) is 14.3. The first-order chi connectivity index (χ1) is 12.5. The molecule has 3 rings (SSSR count). The van der Waals surface area contributed by atoms with Crippen molar-refractivity contribution in [3.05, 3.63) is 46.0 Å². The van der Waals surface area contributed by atoms with Crippen molar-refractivity contribution in [2.45, 2.75) is 57.5 Å². The number of carbonyl (C=O) groups excluding carboxylic acids is 2. The number of hydrogen-bond acceptors (Lipinski definition) is 3. The van der Waals surface area contributed by atoms with Crippen molar-refractivity contribution in [2.24, 2.45) is 0 Å². The van der Waals surface area contributed by atoms with Crippen LogP contribution in [0.5, 0.6) is 0 Å². The molecule has 2 aliphatic rings. The summed E-state index contributed by atoms with van der Waals surface area (Å²) in [5, 5.41) is 2.49. The molecule has 1 aliphatic heterocycles. The highest BCUT2D eigenvalue weighted by atomic mass is 79.9. The molecule has 0 aromatic heterocycles. The summed E-state index contributed by atoms with van der Waals surface area (Å²) in [6.45, 7) is 11.5. The van der Waals surface area contributed by atoms with Gasteiger partial charge in [-0.25, -0.2) is 4.79 Å². The zero-order valence-electron chi connectivity index (χ0n) is 16.5. The number of urea groups is 1. The van der Waals surface area contributed by atoms with Gasteiger partial charge in [-0.1, -0.05) is 54.9 Å². The summed E-state index contributed by atoms with van der Waals surface area (Å²) < 4.78 is 7.85. The van der Waals surface area contributed by atoms with E-state index in [4.69, 9.17) is 4.43 Å². The third-order valence-electron chi connectivity index (χ3n) is 5.91. The van der Waals surface area contributed by atoms with Crippen LogP contribution < -0.4 is 5.32 Å². The number of nitrogens with one attached hydrogen (secondary N) is 1. The first-order valence-electron chi connectivity index (χ1n) is 9.24. The van der Waals surface area contributed by atoms with E-state index in [0.29, 0.717) is 13.0 Å². The number of imide groups is 1. The van der Waals surface area contributed by atoms with Crippen molar-refractivity contribution >= 4 is 36.2 Å². The first kappa shape index (κ1) is 20.3. The monoisotopic (exact) mass is 450 g/mol. The minimum Gasteiger partial charge on any atom is -0.408 e. The molecule has 0 saturated heterocycles. The minimum atomic E-state index is -2.07. The maximum Gasteiger partial charge on any atom is 0.324 e. The first-order valence-corrected chi connectivity index (χ1v) is 12.9. The zero-order chi connectivity index (χ0) is 20.0. The van der Waals surface area contributed by atoms with Crippen molar-refractivity contribution < 1.29 is 14.0 Å². The Kier molecular flexibility index (Phi) is 5.40. The van der Waals surface area contributed by atoms with E-state index < -0.39 is 8.32 Å². The summed E-state index contributed by atoms with van der Waals surface area (Å²) in [6, 6.07) is 5.62. The quantitative estimate of drug-likeness (QED) is 0.687. The number of benzene rings is 1. The van der Waals surface area contributed by atoms with Crippen molar-refractivity contribution in [3.8, 4) is 0 Å². The van der Waals surface area contributed by atoms with Crippen LogP contribution in [0.2, 0.25) is 18.1 Å². The summed E-state index contributed by atoms with van der Waals surface area (Å²) in [6.07, 6.45) is 3.65. The molecule has 2 atom stereocenters. The van der Waals surface area contributed by atoms with E-state index in [2.05, 4.69) is 61.2 Å². The molecule has 146 valence electrons. The molecule has 1 aromatic rings. The molecule has 7 heteroatoms. The Labute approximate surface area is 170 Å². The van der Waals surface area contributed by atoms with Gasteiger partial charge in [-0.2, -0.15) is 0 Å². The Morgan fingerprint density at radius 3 is 2.63 bits per heavy atom. The maximum absolute atomic E-state index is 12.7. The highest BCUT2D eigenvalue weighted by molar-refractivity contribution is 9.10. The summed E-state index contributed by atoms with van der Waals surface area (Å²) in [4.78, 5) is 26.1. The van der Waals surface area contributed by atoms with Gasteiger partial charge in [-0.15, -0.1) is 0 Å². The number of rotatable bonds is 3. The second-order valence-electron chi connectivity index (χ2n) is 8.73. The van der Waals surface area contributed by atoms with E-state index >= 15 is 0 Å². The summed E-state index contributed by atoms with van der Waals surface area (Å²) >= 11 is 3.65. The number of hydrogen-bond donors (Lipinski definition) is 1. The predicted molar refractivity (Wildman–Crippen MR) is 112 cm³/mol. The highest BCUT2D eigenvalue weighted by Gasteiger charge is 2.46. The molecule has 27 heavy (non-hydrogen) atoms. The largest absolute Gasteiger partial charge is 0.408 e. The van der Waals surface area contributed by atoms with Crippen LogP contribution in [0, 0.1) is 0 Å². The van der Waals surface area contributed by atoms with E-state index in [9.17, 15) is 9.59 Å². The summed E-state index contributed by atoms with van der Waals surface area (Å²) in [5.41, 5.74) is 2.31. The molecule has 3 amide bonds. The number of carbonyl (C=O) groups is 2. The number of amides is 3. The highest BCUT2D eigenvalue weighted by Crippen LogP contribution is 2.46. The standard InChI is InChI=1S/C20H27BrN2O3Si/c1-20(2,3)27(4,5)26-18-13-8-6-9-15(21)14(13)12-16(18)23-11-7-10-17(24)22-19(23)25/h6-10,16,18H,11-12H2,1-5H3,(H,22,24,25). The lowest BCUT2D eigenvalue weighted by Crippen LogP contribution is -2.51. The van der Waals surface area contributed by atoms with Crippen LogP contribution in [0.4, 0.5) is 4.79 Å². The van der Waals surface area contributed by atoms with Crippen LogP contribution in [-0.2, 0) is 15.6 Å². The molecule has 0 bridgehead atoms. The van der Waals surface area contributed by atoms with E-state index in [0.717, 1.165) is 10.0 Å². The number of fused-ring (bicyclic) bond motifs is 1. The van der Waals surface area contributed by atoms with Gasteiger partial charge in [0.15, 0.2) is 8.32 Å². The van der Waals surface area contributed by atoms with Gasteiger partial charge in [0.05, 0.1) is 12.1 Å². The Balaban J connectivity index is 2.00. The Bertz CT molecular complexity index is 801. The zero-order valence-corrected chi connectivity index (χ0v) is 19.1. The van der Waals surface area contributed by atoms with Crippen molar-refractivity contribution in [1.29, 1.82) is 0 Å². The van der Waals surface area contributed by atoms with E-state index in [1.807, 2.05) is 12.1 Å². The average Bonchev–Trinajstić information content (AvgIpc) is 2.80. The molecular weight excluding hydrogens is 424 g/mol. The van der Waals surface area contributed by atoms with Crippen molar-refractivity contribution in [1.82, 2.24) is 10.2 Å². The van der Waals surface area contributed by atoms with Crippen molar-refractivity contribution in [3.63, 3.8) is 0 Å². The van der Waals surface area contributed by atoms with Crippen LogP contribution in [-0.4, -0.2) is 37.7 Å². The molecule has 1 heterocycles. The number of halogens is 1. The van der Waals surface area contributed by atoms with Crippen LogP contribution in [0.25, 0.3) is 0 Å². The maximum atomic E-state index is 12.7. The topological polar surface area (TPSA) is 58.6 Å². The minimum absolute atomic E-state index is 0.0588. The smallest absolute Gasteiger partial charge is 0.324 e. The molecule has 0 fully saturated rings. The summed E-state index contributed by atoms with van der Waals surface area (Å²) in [5.74, 6) is -0.374. The van der Waals surface area contributed by atoms with Gasteiger partial charge < -0.3 is 9.33 Å². The van der Waals surface area contributed by atoms with Gasteiger partial charge in [0.2, 0.25) is 0 Å². The van der Waals surface area contributed by atoms with E-state index in [-0.39, 0.29) is 29.1 Å². The fourth-order valence-electron chi connectivity index (χ4n) is 3.35. The third-order valence-corrected chi connectivity index (χ3v) is 11.1.